The van der Waals surface area contributed by atoms with Crippen LogP contribution in [0.15, 0.2) is 48.8 Å². The van der Waals surface area contributed by atoms with E-state index in [1.165, 1.54) is 12.1 Å². The number of ether oxygens (including phenoxy) is 1. The third-order valence-corrected chi connectivity index (χ3v) is 1.93. The van der Waals surface area contributed by atoms with Crippen molar-refractivity contribution in [2.75, 3.05) is 0 Å². The Morgan fingerprint density at radius 3 is 2.87 bits per heavy atom. The van der Waals surface area contributed by atoms with Gasteiger partial charge in [-0.15, -0.1) is 0 Å². The number of hydrogen-bond acceptors (Lipinski definition) is 2. The second kappa shape index (κ2) is 4.55. The van der Waals surface area contributed by atoms with E-state index in [1.54, 1.807) is 24.5 Å². The van der Waals surface area contributed by atoms with Gasteiger partial charge in [-0.2, -0.15) is 0 Å². The fourth-order valence-corrected chi connectivity index (χ4v) is 1.23. The van der Waals surface area contributed by atoms with Gasteiger partial charge in [-0.3, -0.25) is 4.98 Å². The van der Waals surface area contributed by atoms with Crippen LogP contribution in [0.1, 0.15) is 5.56 Å². The molecule has 0 fully saturated rings. The van der Waals surface area contributed by atoms with Crippen molar-refractivity contribution in [3.63, 3.8) is 0 Å². The van der Waals surface area contributed by atoms with Gasteiger partial charge in [-0.1, -0.05) is 12.1 Å². The largest absolute Gasteiger partial charge is 0.487 e. The first-order chi connectivity index (χ1) is 7.34. The van der Waals surface area contributed by atoms with Gasteiger partial charge in [-0.25, -0.2) is 4.39 Å². The van der Waals surface area contributed by atoms with Gasteiger partial charge in [0.05, 0.1) is 6.20 Å². The standard InChI is InChI=1S/C12H10FNO/c13-11-4-1-3-10(7-11)9-15-12-5-2-6-14-8-12/h1-8H,9H2. The van der Waals surface area contributed by atoms with E-state index in [2.05, 4.69) is 4.98 Å². The third-order valence-electron chi connectivity index (χ3n) is 1.93. The number of pyridine rings is 1. The van der Waals surface area contributed by atoms with E-state index in [0.29, 0.717) is 12.4 Å². The van der Waals surface area contributed by atoms with Crippen LogP contribution >= 0.6 is 0 Å². The van der Waals surface area contributed by atoms with Crippen LogP contribution in [0.25, 0.3) is 0 Å². The summed E-state index contributed by atoms with van der Waals surface area (Å²) in [5.41, 5.74) is 0.804. The molecule has 0 aliphatic carbocycles. The summed E-state index contributed by atoms with van der Waals surface area (Å²) in [7, 11) is 0. The zero-order valence-electron chi connectivity index (χ0n) is 8.06. The molecule has 1 aromatic carbocycles. The summed E-state index contributed by atoms with van der Waals surface area (Å²) in [6.45, 7) is 0.351. The minimum Gasteiger partial charge on any atom is -0.487 e. The van der Waals surface area contributed by atoms with Gasteiger partial charge in [0.2, 0.25) is 0 Å². The Morgan fingerprint density at radius 2 is 2.13 bits per heavy atom. The van der Waals surface area contributed by atoms with E-state index in [4.69, 9.17) is 4.74 Å². The minimum atomic E-state index is -0.248. The molecule has 1 heterocycles. The summed E-state index contributed by atoms with van der Waals surface area (Å²) in [5, 5.41) is 0. The summed E-state index contributed by atoms with van der Waals surface area (Å²) >= 11 is 0. The summed E-state index contributed by atoms with van der Waals surface area (Å²) in [4.78, 5) is 3.92. The van der Waals surface area contributed by atoms with Crippen LogP contribution in [0.2, 0.25) is 0 Å². The summed E-state index contributed by atoms with van der Waals surface area (Å²) < 4.78 is 18.2. The average molecular weight is 203 g/mol. The zero-order valence-corrected chi connectivity index (χ0v) is 8.06. The smallest absolute Gasteiger partial charge is 0.138 e. The Morgan fingerprint density at radius 1 is 1.20 bits per heavy atom. The van der Waals surface area contributed by atoms with Crippen LogP contribution in [-0.4, -0.2) is 4.98 Å². The number of benzene rings is 1. The van der Waals surface area contributed by atoms with Crippen LogP contribution < -0.4 is 4.74 Å². The molecule has 0 unspecified atom stereocenters. The van der Waals surface area contributed by atoms with Crippen molar-refractivity contribution in [3.05, 3.63) is 60.2 Å². The average Bonchev–Trinajstić information content (AvgIpc) is 2.28. The van der Waals surface area contributed by atoms with Crippen molar-refractivity contribution in [2.24, 2.45) is 0 Å². The molecule has 0 atom stereocenters. The zero-order chi connectivity index (χ0) is 10.5. The Balaban J connectivity index is 1.99. The number of halogens is 1. The highest BCUT2D eigenvalue weighted by atomic mass is 19.1. The predicted octanol–water partition coefficient (Wildman–Crippen LogP) is 2.80. The molecular formula is C12H10FNO. The van der Waals surface area contributed by atoms with Crippen LogP contribution in [-0.2, 0) is 6.61 Å². The van der Waals surface area contributed by atoms with E-state index in [-0.39, 0.29) is 5.82 Å². The molecule has 0 aliphatic heterocycles. The molecule has 0 saturated heterocycles. The molecule has 2 rings (SSSR count). The number of aromatic nitrogens is 1. The van der Waals surface area contributed by atoms with E-state index < -0.39 is 0 Å². The fourth-order valence-electron chi connectivity index (χ4n) is 1.23. The lowest BCUT2D eigenvalue weighted by molar-refractivity contribution is 0.304. The summed E-state index contributed by atoms with van der Waals surface area (Å²) in [6.07, 6.45) is 3.30. The fraction of sp³-hybridized carbons (Fsp3) is 0.0833. The lowest BCUT2D eigenvalue weighted by Gasteiger charge is -2.05. The highest BCUT2D eigenvalue weighted by Crippen LogP contribution is 2.10. The molecule has 3 heteroatoms. The van der Waals surface area contributed by atoms with Gasteiger partial charge in [0.1, 0.15) is 18.2 Å². The van der Waals surface area contributed by atoms with Crippen molar-refractivity contribution in [2.45, 2.75) is 6.61 Å². The Labute approximate surface area is 87.4 Å². The van der Waals surface area contributed by atoms with Crippen LogP contribution in [0, 0.1) is 5.82 Å². The first kappa shape index (κ1) is 9.65. The van der Waals surface area contributed by atoms with Crippen molar-refractivity contribution in [1.82, 2.24) is 4.98 Å². The molecule has 1 aromatic heterocycles. The van der Waals surface area contributed by atoms with Crippen molar-refractivity contribution in [3.8, 4) is 5.75 Å². The maximum atomic E-state index is 12.8. The molecule has 0 saturated carbocycles. The Kier molecular flexibility index (Phi) is 2.93. The second-order valence-corrected chi connectivity index (χ2v) is 3.11. The van der Waals surface area contributed by atoms with Gasteiger partial charge in [0.15, 0.2) is 0 Å². The highest BCUT2D eigenvalue weighted by Gasteiger charge is 1.96. The molecule has 15 heavy (non-hydrogen) atoms. The second-order valence-electron chi connectivity index (χ2n) is 3.11. The van der Waals surface area contributed by atoms with Crippen LogP contribution in [0.3, 0.4) is 0 Å². The molecule has 0 aliphatic rings. The first-order valence-corrected chi connectivity index (χ1v) is 4.62. The van der Waals surface area contributed by atoms with E-state index >= 15 is 0 Å². The quantitative estimate of drug-likeness (QED) is 0.765. The van der Waals surface area contributed by atoms with E-state index in [9.17, 15) is 4.39 Å². The molecule has 2 nitrogen and oxygen atoms in total. The van der Waals surface area contributed by atoms with Gasteiger partial charge >= 0.3 is 0 Å². The van der Waals surface area contributed by atoms with E-state index in [0.717, 1.165) is 5.56 Å². The molecular weight excluding hydrogens is 193 g/mol. The lowest BCUT2D eigenvalue weighted by atomic mass is 10.2. The van der Waals surface area contributed by atoms with Crippen molar-refractivity contribution < 1.29 is 9.13 Å². The topological polar surface area (TPSA) is 22.1 Å². The molecule has 2 aromatic rings. The van der Waals surface area contributed by atoms with E-state index in [1.807, 2.05) is 12.1 Å². The Hall–Kier alpha value is -1.90. The third kappa shape index (κ3) is 2.77. The molecule has 0 N–H and O–H groups in total. The maximum absolute atomic E-state index is 12.8. The minimum absolute atomic E-state index is 0.248. The number of hydrogen-bond donors (Lipinski definition) is 0. The SMILES string of the molecule is Fc1cccc(COc2cccnc2)c1. The van der Waals surface area contributed by atoms with Crippen molar-refractivity contribution >= 4 is 0 Å². The van der Waals surface area contributed by atoms with Crippen molar-refractivity contribution in [1.29, 1.82) is 0 Å². The molecule has 0 spiro atoms. The van der Waals surface area contributed by atoms with Gasteiger partial charge in [-0.05, 0) is 29.8 Å². The molecule has 0 amide bonds. The number of nitrogens with zero attached hydrogens (tertiary/aromatic N) is 1. The summed E-state index contributed by atoms with van der Waals surface area (Å²) in [5.74, 6) is 0.434. The highest BCUT2D eigenvalue weighted by molar-refractivity contribution is 5.19. The first-order valence-electron chi connectivity index (χ1n) is 4.62. The van der Waals surface area contributed by atoms with Gasteiger partial charge in [0.25, 0.3) is 0 Å². The van der Waals surface area contributed by atoms with Crippen LogP contribution in [0.5, 0.6) is 5.75 Å². The molecule has 0 radical (unpaired) electrons. The van der Waals surface area contributed by atoms with Gasteiger partial charge in [0, 0.05) is 6.20 Å². The number of rotatable bonds is 3. The summed E-state index contributed by atoms with van der Waals surface area (Å²) in [6, 6.07) is 9.95. The predicted molar refractivity (Wildman–Crippen MR) is 55.0 cm³/mol. The lowest BCUT2D eigenvalue weighted by Crippen LogP contribution is -1.95. The van der Waals surface area contributed by atoms with Crippen LogP contribution in [0.4, 0.5) is 4.39 Å². The normalized spacial score (nSPS) is 9.93. The van der Waals surface area contributed by atoms with Gasteiger partial charge < -0.3 is 4.74 Å². The monoisotopic (exact) mass is 203 g/mol. The Bertz CT molecular complexity index is 431. The molecule has 76 valence electrons. The maximum Gasteiger partial charge on any atom is 0.138 e. The molecule has 0 bridgehead atoms.